The second-order valence-electron chi connectivity index (χ2n) is 6.17. The minimum atomic E-state index is 0.269. The van der Waals surface area contributed by atoms with E-state index < -0.39 is 0 Å². The Morgan fingerprint density at radius 1 is 1.25 bits per heavy atom. The highest BCUT2D eigenvalue weighted by molar-refractivity contribution is 5.27. The number of likely N-dealkylation sites (N-methyl/N-ethyl adjacent to an activating group) is 1. The SMILES string of the molecule is CC(C)c1ccc(C(CN)N(C)C2CCOC2C)cc1. The highest BCUT2D eigenvalue weighted by atomic mass is 16.5. The second-order valence-corrected chi connectivity index (χ2v) is 6.17. The summed E-state index contributed by atoms with van der Waals surface area (Å²) >= 11 is 0. The van der Waals surface area contributed by atoms with Gasteiger partial charge < -0.3 is 10.5 Å². The minimum absolute atomic E-state index is 0.269. The number of hydrogen-bond acceptors (Lipinski definition) is 3. The van der Waals surface area contributed by atoms with Crippen molar-refractivity contribution < 1.29 is 4.74 Å². The fourth-order valence-corrected chi connectivity index (χ4v) is 3.13. The lowest BCUT2D eigenvalue weighted by molar-refractivity contribution is 0.0686. The Kier molecular flexibility index (Phi) is 5.19. The van der Waals surface area contributed by atoms with E-state index in [0.717, 1.165) is 13.0 Å². The summed E-state index contributed by atoms with van der Waals surface area (Å²) in [6, 6.07) is 9.64. The Bertz CT molecular complexity index is 416. The summed E-state index contributed by atoms with van der Waals surface area (Å²) in [7, 11) is 2.17. The van der Waals surface area contributed by atoms with E-state index in [1.807, 2.05) is 0 Å². The van der Waals surface area contributed by atoms with E-state index in [2.05, 4.69) is 57.0 Å². The molecule has 3 unspecified atom stereocenters. The van der Waals surface area contributed by atoms with E-state index in [0.29, 0.717) is 24.6 Å². The Hall–Kier alpha value is -0.900. The van der Waals surface area contributed by atoms with Crippen molar-refractivity contribution in [3.8, 4) is 0 Å². The molecule has 0 aromatic heterocycles. The van der Waals surface area contributed by atoms with Gasteiger partial charge in [-0.2, -0.15) is 0 Å². The van der Waals surface area contributed by atoms with Crippen LogP contribution in [0.15, 0.2) is 24.3 Å². The molecular weight excluding hydrogens is 248 g/mol. The van der Waals surface area contributed by atoms with Crippen LogP contribution in [0.4, 0.5) is 0 Å². The molecule has 1 saturated heterocycles. The van der Waals surface area contributed by atoms with Crippen LogP contribution in [0, 0.1) is 0 Å². The summed E-state index contributed by atoms with van der Waals surface area (Å²) in [5.41, 5.74) is 8.72. The molecule has 2 rings (SSSR count). The zero-order valence-electron chi connectivity index (χ0n) is 13.2. The molecular formula is C17H28N2O. The lowest BCUT2D eigenvalue weighted by atomic mass is 9.97. The van der Waals surface area contributed by atoms with Crippen molar-refractivity contribution in [1.82, 2.24) is 4.90 Å². The molecule has 1 aliphatic heterocycles. The summed E-state index contributed by atoms with van der Waals surface area (Å²) in [6.07, 6.45) is 1.39. The van der Waals surface area contributed by atoms with Gasteiger partial charge in [0.2, 0.25) is 0 Å². The van der Waals surface area contributed by atoms with Gasteiger partial charge in [-0.1, -0.05) is 38.1 Å². The molecule has 0 radical (unpaired) electrons. The number of nitrogens with two attached hydrogens (primary N) is 1. The maximum absolute atomic E-state index is 6.03. The third-order valence-corrected chi connectivity index (χ3v) is 4.56. The van der Waals surface area contributed by atoms with Crippen molar-refractivity contribution in [3.05, 3.63) is 35.4 Å². The predicted octanol–water partition coefficient (Wildman–Crippen LogP) is 2.92. The fraction of sp³-hybridized carbons (Fsp3) is 0.647. The zero-order valence-corrected chi connectivity index (χ0v) is 13.2. The van der Waals surface area contributed by atoms with Gasteiger partial charge in [0.1, 0.15) is 0 Å². The standard InChI is InChI=1S/C17H28N2O/c1-12(2)14-5-7-15(8-6-14)17(11-18)19(4)16-9-10-20-13(16)3/h5-8,12-13,16-17H,9-11,18H2,1-4H3. The van der Waals surface area contributed by atoms with Gasteiger partial charge in [-0.05, 0) is 37.4 Å². The van der Waals surface area contributed by atoms with Crippen LogP contribution in [-0.2, 0) is 4.74 Å². The van der Waals surface area contributed by atoms with E-state index in [1.165, 1.54) is 11.1 Å². The summed E-state index contributed by atoms with van der Waals surface area (Å²) in [4.78, 5) is 2.39. The molecule has 1 aromatic carbocycles. The summed E-state index contributed by atoms with van der Waals surface area (Å²) in [6.45, 7) is 8.10. The Morgan fingerprint density at radius 2 is 1.85 bits per heavy atom. The van der Waals surface area contributed by atoms with E-state index in [1.54, 1.807) is 0 Å². The first kappa shape index (κ1) is 15.5. The average molecular weight is 276 g/mol. The first-order chi connectivity index (χ1) is 9.54. The van der Waals surface area contributed by atoms with Crippen molar-refractivity contribution in [3.63, 3.8) is 0 Å². The first-order valence-corrected chi connectivity index (χ1v) is 7.68. The van der Waals surface area contributed by atoms with Gasteiger partial charge in [-0.15, -0.1) is 0 Å². The molecule has 1 aromatic rings. The molecule has 0 amide bonds. The van der Waals surface area contributed by atoms with Gasteiger partial charge in [0.15, 0.2) is 0 Å². The zero-order chi connectivity index (χ0) is 14.7. The van der Waals surface area contributed by atoms with Crippen LogP contribution in [0.3, 0.4) is 0 Å². The largest absolute Gasteiger partial charge is 0.377 e. The number of nitrogens with zero attached hydrogens (tertiary/aromatic N) is 1. The average Bonchev–Trinajstić information content (AvgIpc) is 2.86. The van der Waals surface area contributed by atoms with Crippen LogP contribution in [0.5, 0.6) is 0 Å². The molecule has 3 heteroatoms. The van der Waals surface area contributed by atoms with Gasteiger partial charge in [-0.25, -0.2) is 0 Å². The van der Waals surface area contributed by atoms with Crippen LogP contribution in [-0.4, -0.2) is 37.2 Å². The van der Waals surface area contributed by atoms with Gasteiger partial charge in [0.05, 0.1) is 6.10 Å². The number of hydrogen-bond donors (Lipinski definition) is 1. The van der Waals surface area contributed by atoms with Gasteiger partial charge in [0, 0.05) is 25.2 Å². The quantitative estimate of drug-likeness (QED) is 0.898. The molecule has 1 heterocycles. The maximum atomic E-state index is 6.03. The molecule has 0 bridgehead atoms. The van der Waals surface area contributed by atoms with Crippen molar-refractivity contribution in [2.75, 3.05) is 20.2 Å². The Balaban J connectivity index is 2.14. The van der Waals surface area contributed by atoms with Gasteiger partial charge >= 0.3 is 0 Å². The summed E-state index contributed by atoms with van der Waals surface area (Å²) < 4.78 is 5.69. The summed E-state index contributed by atoms with van der Waals surface area (Å²) in [5, 5.41) is 0. The number of benzene rings is 1. The van der Waals surface area contributed by atoms with Crippen LogP contribution in [0.25, 0.3) is 0 Å². The lowest BCUT2D eigenvalue weighted by Crippen LogP contribution is -2.42. The fourth-order valence-electron chi connectivity index (χ4n) is 3.13. The van der Waals surface area contributed by atoms with E-state index >= 15 is 0 Å². The van der Waals surface area contributed by atoms with Crippen molar-refractivity contribution in [1.29, 1.82) is 0 Å². The predicted molar refractivity (Wildman–Crippen MR) is 83.9 cm³/mol. The normalized spacial score (nSPS) is 24.6. The van der Waals surface area contributed by atoms with Crippen LogP contribution < -0.4 is 5.73 Å². The molecule has 3 atom stereocenters. The van der Waals surface area contributed by atoms with Crippen molar-refractivity contribution in [2.45, 2.75) is 51.3 Å². The molecule has 2 N–H and O–H groups in total. The molecule has 3 nitrogen and oxygen atoms in total. The maximum Gasteiger partial charge on any atom is 0.0703 e. The van der Waals surface area contributed by atoms with Crippen LogP contribution >= 0.6 is 0 Å². The van der Waals surface area contributed by atoms with Crippen molar-refractivity contribution >= 4 is 0 Å². The number of rotatable bonds is 5. The van der Waals surface area contributed by atoms with Crippen molar-refractivity contribution in [2.24, 2.45) is 5.73 Å². The second kappa shape index (κ2) is 6.70. The lowest BCUT2D eigenvalue weighted by Gasteiger charge is -2.34. The van der Waals surface area contributed by atoms with Gasteiger partial charge in [-0.3, -0.25) is 4.90 Å². The Labute approximate surface area is 123 Å². The highest BCUT2D eigenvalue weighted by Gasteiger charge is 2.31. The van der Waals surface area contributed by atoms with E-state index in [9.17, 15) is 0 Å². The monoisotopic (exact) mass is 276 g/mol. The van der Waals surface area contributed by atoms with Crippen LogP contribution in [0.1, 0.15) is 50.3 Å². The third-order valence-electron chi connectivity index (χ3n) is 4.56. The molecule has 1 fully saturated rings. The molecule has 0 saturated carbocycles. The highest BCUT2D eigenvalue weighted by Crippen LogP contribution is 2.28. The summed E-state index contributed by atoms with van der Waals surface area (Å²) in [5.74, 6) is 0.571. The minimum Gasteiger partial charge on any atom is -0.377 e. The molecule has 112 valence electrons. The van der Waals surface area contributed by atoms with Gasteiger partial charge in [0.25, 0.3) is 0 Å². The Morgan fingerprint density at radius 3 is 2.30 bits per heavy atom. The topological polar surface area (TPSA) is 38.5 Å². The third kappa shape index (κ3) is 3.22. The van der Waals surface area contributed by atoms with E-state index in [-0.39, 0.29) is 6.04 Å². The molecule has 20 heavy (non-hydrogen) atoms. The molecule has 0 aliphatic carbocycles. The van der Waals surface area contributed by atoms with Crippen LogP contribution in [0.2, 0.25) is 0 Å². The van der Waals surface area contributed by atoms with E-state index in [4.69, 9.17) is 10.5 Å². The number of ether oxygens (including phenoxy) is 1. The molecule has 0 spiro atoms. The molecule has 1 aliphatic rings. The first-order valence-electron chi connectivity index (χ1n) is 7.68. The smallest absolute Gasteiger partial charge is 0.0703 e.